The maximum atomic E-state index is 6.32. The zero-order chi connectivity index (χ0) is 14.8. The second kappa shape index (κ2) is 6.25. The molecule has 2 unspecified atom stereocenters. The van der Waals surface area contributed by atoms with Crippen LogP contribution in [-0.4, -0.2) is 29.0 Å². The van der Waals surface area contributed by atoms with Crippen LogP contribution in [0.5, 0.6) is 0 Å². The molecular weight excluding hydrogens is 262 g/mol. The topological polar surface area (TPSA) is 53.1 Å². The van der Waals surface area contributed by atoms with Gasteiger partial charge in [0.05, 0.1) is 22.5 Å². The molecule has 110 valence electrons. The summed E-state index contributed by atoms with van der Waals surface area (Å²) < 4.78 is 7.49. The van der Waals surface area contributed by atoms with Gasteiger partial charge in [0.15, 0.2) is 0 Å². The average Bonchev–Trinajstić information content (AvgIpc) is 2.55. The molecule has 1 heterocycles. The first kappa shape index (κ1) is 16.5. The number of halogens is 1. The summed E-state index contributed by atoms with van der Waals surface area (Å²) in [5.41, 5.74) is 8.17. The lowest BCUT2D eigenvalue weighted by Gasteiger charge is -2.34. The molecule has 0 aliphatic heterocycles. The van der Waals surface area contributed by atoms with Crippen LogP contribution < -0.4 is 5.73 Å². The number of aromatic nitrogens is 2. The number of ether oxygens (including phenoxy) is 1. The molecule has 2 atom stereocenters. The van der Waals surface area contributed by atoms with Crippen LogP contribution in [0.15, 0.2) is 0 Å². The highest BCUT2D eigenvalue weighted by molar-refractivity contribution is 6.31. The molecule has 0 saturated heterocycles. The van der Waals surface area contributed by atoms with Crippen molar-refractivity contribution in [2.24, 2.45) is 11.1 Å². The Hall–Kier alpha value is -0.580. The number of nitrogens with two attached hydrogens (primary N) is 1. The molecule has 0 fully saturated rings. The monoisotopic (exact) mass is 287 g/mol. The Morgan fingerprint density at radius 1 is 1.42 bits per heavy atom. The number of hydrogen-bond acceptors (Lipinski definition) is 3. The zero-order valence-electron chi connectivity index (χ0n) is 12.8. The van der Waals surface area contributed by atoms with E-state index in [-0.39, 0.29) is 17.6 Å². The van der Waals surface area contributed by atoms with E-state index >= 15 is 0 Å². The Balaban J connectivity index is 2.96. The molecule has 0 aromatic carbocycles. The summed E-state index contributed by atoms with van der Waals surface area (Å²) in [6, 6.07) is -0.108. The molecule has 2 N–H and O–H groups in total. The average molecular weight is 288 g/mol. The fourth-order valence-corrected chi connectivity index (χ4v) is 2.78. The molecule has 0 aliphatic rings. The fourth-order valence-electron chi connectivity index (χ4n) is 2.56. The molecule has 5 heteroatoms. The quantitative estimate of drug-likeness (QED) is 0.906. The minimum atomic E-state index is -0.108. The lowest BCUT2D eigenvalue weighted by Crippen LogP contribution is -2.46. The Kier molecular flexibility index (Phi) is 5.42. The van der Waals surface area contributed by atoms with Crippen molar-refractivity contribution >= 4 is 11.6 Å². The number of methoxy groups -OCH3 is 1. The van der Waals surface area contributed by atoms with Gasteiger partial charge in [-0.2, -0.15) is 5.10 Å². The van der Waals surface area contributed by atoms with Crippen LogP contribution in [0, 0.1) is 12.3 Å². The molecule has 1 aromatic heterocycles. The number of rotatable bonds is 5. The van der Waals surface area contributed by atoms with Gasteiger partial charge < -0.3 is 10.5 Å². The summed E-state index contributed by atoms with van der Waals surface area (Å²) in [7, 11) is 1.71. The third-order valence-corrected chi connectivity index (χ3v) is 3.87. The number of hydrogen-bond donors (Lipinski definition) is 1. The molecule has 0 bridgehead atoms. The van der Waals surface area contributed by atoms with Crippen molar-refractivity contribution in [3.05, 3.63) is 16.4 Å². The third kappa shape index (κ3) is 3.71. The zero-order valence-corrected chi connectivity index (χ0v) is 13.6. The molecular formula is C14H26ClN3O. The summed E-state index contributed by atoms with van der Waals surface area (Å²) in [5, 5.41) is 5.14. The van der Waals surface area contributed by atoms with Gasteiger partial charge >= 0.3 is 0 Å². The number of aryl methyl sites for hydroxylation is 2. The van der Waals surface area contributed by atoms with E-state index in [1.807, 2.05) is 11.6 Å². The van der Waals surface area contributed by atoms with Crippen LogP contribution in [0.4, 0.5) is 0 Å². The second-order valence-electron chi connectivity index (χ2n) is 6.05. The van der Waals surface area contributed by atoms with Gasteiger partial charge in [0.1, 0.15) is 0 Å². The van der Waals surface area contributed by atoms with Gasteiger partial charge in [0.2, 0.25) is 0 Å². The van der Waals surface area contributed by atoms with Crippen LogP contribution in [0.3, 0.4) is 0 Å². The van der Waals surface area contributed by atoms with Crippen LogP contribution in [-0.2, 0) is 17.7 Å². The second-order valence-corrected chi connectivity index (χ2v) is 6.43. The minimum absolute atomic E-state index is 0.00719. The first-order chi connectivity index (χ1) is 8.72. The van der Waals surface area contributed by atoms with Crippen molar-refractivity contribution in [2.45, 2.75) is 59.7 Å². The van der Waals surface area contributed by atoms with Crippen LogP contribution in [0.25, 0.3) is 0 Å². The summed E-state index contributed by atoms with van der Waals surface area (Å²) >= 11 is 6.32. The van der Waals surface area contributed by atoms with E-state index in [1.165, 1.54) is 0 Å². The smallest absolute Gasteiger partial charge is 0.0847 e. The van der Waals surface area contributed by atoms with Crippen LogP contribution >= 0.6 is 11.6 Å². The van der Waals surface area contributed by atoms with Crippen LogP contribution in [0.2, 0.25) is 5.02 Å². The molecule has 4 nitrogen and oxygen atoms in total. The van der Waals surface area contributed by atoms with Gasteiger partial charge in [-0.3, -0.25) is 4.68 Å². The van der Waals surface area contributed by atoms with Crippen molar-refractivity contribution in [2.75, 3.05) is 7.11 Å². The first-order valence-corrected chi connectivity index (χ1v) is 7.10. The fraction of sp³-hybridized carbons (Fsp3) is 0.786. The first-order valence-electron chi connectivity index (χ1n) is 6.72. The molecule has 0 aliphatic carbocycles. The van der Waals surface area contributed by atoms with E-state index in [4.69, 9.17) is 22.1 Å². The summed E-state index contributed by atoms with van der Waals surface area (Å²) in [4.78, 5) is 0. The highest BCUT2D eigenvalue weighted by Crippen LogP contribution is 2.27. The van der Waals surface area contributed by atoms with Gasteiger partial charge in [0, 0.05) is 26.1 Å². The van der Waals surface area contributed by atoms with Crippen molar-refractivity contribution in [1.29, 1.82) is 0 Å². The predicted molar refractivity (Wildman–Crippen MR) is 79.6 cm³/mol. The SMILES string of the molecule is CCn1nc(C)c(Cl)c1CC(N)C(OC)C(C)(C)C. The van der Waals surface area contributed by atoms with Crippen molar-refractivity contribution in [3.8, 4) is 0 Å². The van der Waals surface area contributed by atoms with E-state index in [9.17, 15) is 0 Å². The Bertz CT molecular complexity index is 423. The van der Waals surface area contributed by atoms with Crippen molar-refractivity contribution < 1.29 is 4.74 Å². The molecule has 0 radical (unpaired) electrons. The summed E-state index contributed by atoms with van der Waals surface area (Å²) in [5.74, 6) is 0. The molecule has 0 amide bonds. The maximum Gasteiger partial charge on any atom is 0.0847 e. The van der Waals surface area contributed by atoms with Crippen LogP contribution in [0.1, 0.15) is 39.1 Å². The van der Waals surface area contributed by atoms with Gasteiger partial charge in [0.25, 0.3) is 0 Å². The summed E-state index contributed by atoms with van der Waals surface area (Å²) in [6.07, 6.45) is 0.646. The third-order valence-electron chi connectivity index (χ3n) is 3.38. The molecule has 0 spiro atoms. The highest BCUT2D eigenvalue weighted by Gasteiger charge is 2.31. The van der Waals surface area contributed by atoms with Crippen molar-refractivity contribution in [3.63, 3.8) is 0 Å². The summed E-state index contributed by atoms with van der Waals surface area (Å²) in [6.45, 7) is 11.2. The Morgan fingerprint density at radius 3 is 2.42 bits per heavy atom. The minimum Gasteiger partial charge on any atom is -0.379 e. The lowest BCUT2D eigenvalue weighted by atomic mass is 9.83. The van der Waals surface area contributed by atoms with E-state index in [1.54, 1.807) is 7.11 Å². The van der Waals surface area contributed by atoms with Gasteiger partial charge in [-0.05, 0) is 19.3 Å². The van der Waals surface area contributed by atoms with Gasteiger partial charge in [-0.15, -0.1) is 0 Å². The van der Waals surface area contributed by atoms with E-state index < -0.39 is 0 Å². The van der Waals surface area contributed by atoms with Gasteiger partial charge in [-0.25, -0.2) is 0 Å². The molecule has 0 saturated carbocycles. The largest absolute Gasteiger partial charge is 0.379 e. The van der Waals surface area contributed by atoms with E-state index in [2.05, 4.69) is 32.8 Å². The maximum absolute atomic E-state index is 6.32. The van der Waals surface area contributed by atoms with Gasteiger partial charge in [-0.1, -0.05) is 32.4 Å². The highest BCUT2D eigenvalue weighted by atomic mass is 35.5. The Morgan fingerprint density at radius 2 is 2.00 bits per heavy atom. The lowest BCUT2D eigenvalue weighted by molar-refractivity contribution is -0.00203. The molecule has 1 aromatic rings. The molecule has 1 rings (SSSR count). The van der Waals surface area contributed by atoms with E-state index in [0.29, 0.717) is 6.42 Å². The number of nitrogens with zero attached hydrogens (tertiary/aromatic N) is 2. The predicted octanol–water partition coefficient (Wildman–Crippen LogP) is 2.80. The standard InChI is InChI=1S/C14H26ClN3O/c1-7-18-11(12(15)9(2)17-18)8-10(16)13(19-6)14(3,4)5/h10,13H,7-8,16H2,1-6H3. The normalized spacial score (nSPS) is 15.6. The Labute approximate surface area is 121 Å². The molecule has 19 heavy (non-hydrogen) atoms. The van der Waals surface area contributed by atoms with E-state index in [0.717, 1.165) is 23.0 Å². The van der Waals surface area contributed by atoms with Crippen molar-refractivity contribution in [1.82, 2.24) is 9.78 Å².